The third-order valence-corrected chi connectivity index (χ3v) is 7.17. The summed E-state index contributed by atoms with van der Waals surface area (Å²) in [5, 5.41) is 2.69. The number of hydrogen-bond acceptors (Lipinski definition) is 4. The molecule has 0 spiro atoms. The van der Waals surface area contributed by atoms with Gasteiger partial charge < -0.3 is 5.32 Å². The zero-order valence-electron chi connectivity index (χ0n) is 16.6. The fourth-order valence-electron chi connectivity index (χ4n) is 3.45. The summed E-state index contributed by atoms with van der Waals surface area (Å²) in [4.78, 5) is 14.6. The van der Waals surface area contributed by atoms with Crippen molar-refractivity contribution in [2.45, 2.75) is 32.1 Å². The van der Waals surface area contributed by atoms with Gasteiger partial charge in [0.25, 0.3) is 0 Å². The van der Waals surface area contributed by atoms with Crippen molar-refractivity contribution in [2.24, 2.45) is 5.92 Å². The molecule has 0 saturated carbocycles. The van der Waals surface area contributed by atoms with Gasteiger partial charge >= 0.3 is 0 Å². The van der Waals surface area contributed by atoms with Crippen molar-refractivity contribution in [1.82, 2.24) is 4.90 Å². The fourth-order valence-corrected chi connectivity index (χ4v) is 4.99. The van der Waals surface area contributed by atoms with Gasteiger partial charge in [0.1, 0.15) is 5.75 Å². The predicted molar refractivity (Wildman–Crippen MR) is 120 cm³/mol. The molecule has 1 fully saturated rings. The van der Waals surface area contributed by atoms with Gasteiger partial charge in [-0.1, -0.05) is 47.1 Å². The number of piperidine rings is 1. The van der Waals surface area contributed by atoms with Crippen molar-refractivity contribution >= 4 is 37.4 Å². The number of carbonyl (C=O) groups excluding carboxylic acids is 1. The number of sulfone groups is 1. The first-order chi connectivity index (χ1) is 13.8. The minimum Gasteiger partial charge on any atom is -0.325 e. The fraction of sp³-hybridized carbons (Fsp3) is 0.409. The summed E-state index contributed by atoms with van der Waals surface area (Å²) in [7, 11) is -3.53. The third kappa shape index (κ3) is 7.24. The minimum absolute atomic E-state index is 0.152. The van der Waals surface area contributed by atoms with Crippen molar-refractivity contribution < 1.29 is 13.2 Å². The molecule has 0 atom stereocenters. The van der Waals surface area contributed by atoms with E-state index in [1.54, 1.807) is 24.3 Å². The van der Waals surface area contributed by atoms with Crippen molar-refractivity contribution in [3.8, 4) is 0 Å². The van der Waals surface area contributed by atoms with Crippen LogP contribution in [0.5, 0.6) is 0 Å². The molecule has 0 bridgehead atoms. The van der Waals surface area contributed by atoms with Crippen LogP contribution in [-0.4, -0.2) is 38.1 Å². The Kier molecular flexibility index (Phi) is 7.49. The van der Waals surface area contributed by atoms with Crippen molar-refractivity contribution in [3.05, 3.63) is 64.1 Å². The van der Waals surface area contributed by atoms with Gasteiger partial charge in [-0.2, -0.15) is 0 Å². The largest absolute Gasteiger partial charge is 0.325 e. The lowest BCUT2D eigenvalue weighted by atomic mass is 9.99. The van der Waals surface area contributed by atoms with Gasteiger partial charge in [0, 0.05) is 16.7 Å². The third-order valence-electron chi connectivity index (χ3n) is 5.17. The molecule has 0 aromatic heterocycles. The SMILES string of the molecule is CC1CCN(Cc2ccc(NC(=O)CS(=O)(=O)Cc3ccc(Br)cc3)cc2)CC1. The number of halogens is 1. The molecule has 2 aromatic rings. The molecule has 29 heavy (non-hydrogen) atoms. The number of amides is 1. The Bertz CT molecular complexity index is 920. The maximum Gasteiger partial charge on any atom is 0.239 e. The number of nitrogens with one attached hydrogen (secondary N) is 1. The van der Waals surface area contributed by atoms with Gasteiger partial charge in [0.2, 0.25) is 5.91 Å². The number of hydrogen-bond donors (Lipinski definition) is 1. The highest BCUT2D eigenvalue weighted by molar-refractivity contribution is 9.10. The topological polar surface area (TPSA) is 66.5 Å². The van der Waals surface area contributed by atoms with Crippen molar-refractivity contribution in [3.63, 3.8) is 0 Å². The Morgan fingerprint density at radius 2 is 1.62 bits per heavy atom. The summed E-state index contributed by atoms with van der Waals surface area (Å²) < 4.78 is 25.5. The molecule has 1 aliphatic rings. The quantitative estimate of drug-likeness (QED) is 0.646. The highest BCUT2D eigenvalue weighted by Crippen LogP contribution is 2.19. The molecule has 1 aliphatic heterocycles. The van der Waals surface area contributed by atoms with Gasteiger partial charge in [-0.15, -0.1) is 0 Å². The lowest BCUT2D eigenvalue weighted by Gasteiger charge is -2.30. The van der Waals surface area contributed by atoms with E-state index >= 15 is 0 Å². The van der Waals surface area contributed by atoms with E-state index in [4.69, 9.17) is 0 Å². The summed E-state index contributed by atoms with van der Waals surface area (Å²) in [6.45, 7) is 5.45. The standard InChI is InChI=1S/C22H27BrN2O3S/c1-17-10-12-25(13-11-17)14-18-4-8-21(9-5-18)24-22(26)16-29(27,28)15-19-2-6-20(23)7-3-19/h2-9,17H,10-16H2,1H3,(H,24,26). The first-order valence-electron chi connectivity index (χ1n) is 9.85. The summed E-state index contributed by atoms with van der Waals surface area (Å²) in [6.07, 6.45) is 2.48. The molecular weight excluding hydrogens is 452 g/mol. The summed E-state index contributed by atoms with van der Waals surface area (Å²) >= 11 is 3.32. The van der Waals surface area contributed by atoms with E-state index in [0.717, 1.165) is 30.0 Å². The smallest absolute Gasteiger partial charge is 0.239 e. The molecule has 0 unspecified atom stereocenters. The first kappa shape index (κ1) is 22.0. The van der Waals surface area contributed by atoms with Crippen LogP contribution in [-0.2, 0) is 26.9 Å². The first-order valence-corrected chi connectivity index (χ1v) is 12.5. The average molecular weight is 479 g/mol. The molecule has 1 N–H and O–H groups in total. The zero-order chi connectivity index (χ0) is 20.9. The van der Waals surface area contributed by atoms with Crippen LogP contribution in [0.4, 0.5) is 5.69 Å². The van der Waals surface area contributed by atoms with Gasteiger partial charge in [-0.25, -0.2) is 8.42 Å². The van der Waals surface area contributed by atoms with Crippen LogP contribution in [0.3, 0.4) is 0 Å². The van der Waals surface area contributed by atoms with E-state index in [2.05, 4.69) is 33.1 Å². The van der Waals surface area contributed by atoms with Crippen LogP contribution in [0, 0.1) is 5.92 Å². The molecule has 1 saturated heterocycles. The number of benzene rings is 2. The predicted octanol–water partition coefficient (Wildman–Crippen LogP) is 4.23. The van der Waals surface area contributed by atoms with Gasteiger partial charge in [0.15, 0.2) is 9.84 Å². The molecule has 0 radical (unpaired) electrons. The second kappa shape index (κ2) is 9.87. The van der Waals surface area contributed by atoms with E-state index in [0.29, 0.717) is 11.3 Å². The molecule has 7 heteroatoms. The highest BCUT2D eigenvalue weighted by Gasteiger charge is 2.18. The number of rotatable bonds is 7. The molecule has 5 nitrogen and oxygen atoms in total. The molecular formula is C22H27BrN2O3S. The second-order valence-electron chi connectivity index (χ2n) is 7.86. The van der Waals surface area contributed by atoms with E-state index in [-0.39, 0.29) is 5.75 Å². The summed E-state index contributed by atoms with van der Waals surface area (Å²) in [5.74, 6) is -0.388. The molecule has 3 rings (SSSR count). The van der Waals surface area contributed by atoms with Crippen LogP contribution >= 0.6 is 15.9 Å². The van der Waals surface area contributed by atoms with Crippen molar-refractivity contribution in [1.29, 1.82) is 0 Å². The Labute approximate surface area is 181 Å². The second-order valence-corrected chi connectivity index (χ2v) is 10.8. The summed E-state index contributed by atoms with van der Waals surface area (Å²) in [5.41, 5.74) is 2.47. The van der Waals surface area contributed by atoms with Gasteiger partial charge in [-0.3, -0.25) is 9.69 Å². The normalized spacial score (nSPS) is 15.9. The van der Waals surface area contributed by atoms with Crippen LogP contribution in [0.2, 0.25) is 0 Å². The monoisotopic (exact) mass is 478 g/mol. The van der Waals surface area contributed by atoms with Gasteiger partial charge in [-0.05, 0) is 67.2 Å². The molecule has 1 amide bonds. The minimum atomic E-state index is -3.53. The Hall–Kier alpha value is -1.70. The van der Waals surface area contributed by atoms with Gasteiger partial charge in [0.05, 0.1) is 5.75 Å². The Morgan fingerprint density at radius 3 is 2.24 bits per heavy atom. The number of nitrogens with zero attached hydrogens (tertiary/aromatic N) is 1. The maximum absolute atomic E-state index is 12.3. The summed E-state index contributed by atoms with van der Waals surface area (Å²) in [6, 6.07) is 14.7. The molecule has 2 aromatic carbocycles. The highest BCUT2D eigenvalue weighted by atomic mass is 79.9. The van der Waals surface area contributed by atoms with Crippen LogP contribution < -0.4 is 5.32 Å². The molecule has 1 heterocycles. The zero-order valence-corrected chi connectivity index (χ0v) is 19.0. The number of anilines is 1. The lowest BCUT2D eigenvalue weighted by Crippen LogP contribution is -2.32. The maximum atomic E-state index is 12.3. The molecule has 0 aliphatic carbocycles. The van der Waals surface area contributed by atoms with E-state index < -0.39 is 21.5 Å². The molecule has 156 valence electrons. The van der Waals surface area contributed by atoms with Crippen LogP contribution in [0.15, 0.2) is 53.0 Å². The van der Waals surface area contributed by atoms with Crippen LogP contribution in [0.1, 0.15) is 30.9 Å². The number of likely N-dealkylation sites (tertiary alicyclic amines) is 1. The lowest BCUT2D eigenvalue weighted by molar-refractivity contribution is -0.113. The van der Waals surface area contributed by atoms with E-state index in [1.807, 2.05) is 24.3 Å². The van der Waals surface area contributed by atoms with E-state index in [1.165, 1.54) is 18.4 Å². The Balaban J connectivity index is 1.50. The van der Waals surface area contributed by atoms with Crippen LogP contribution in [0.25, 0.3) is 0 Å². The van der Waals surface area contributed by atoms with E-state index in [9.17, 15) is 13.2 Å². The number of carbonyl (C=O) groups is 1. The Morgan fingerprint density at radius 1 is 1.03 bits per heavy atom. The van der Waals surface area contributed by atoms with Crippen molar-refractivity contribution in [2.75, 3.05) is 24.2 Å². The average Bonchev–Trinajstić information content (AvgIpc) is 2.66.